The summed E-state index contributed by atoms with van der Waals surface area (Å²) in [6, 6.07) is 47.0. The predicted octanol–water partition coefficient (Wildman–Crippen LogP) is 17.3. The maximum Gasteiger partial charge on any atom is 0.144 e. The molecule has 0 atom stereocenters. The zero-order chi connectivity index (χ0) is 59.0. The second-order valence-electron chi connectivity index (χ2n) is 21.1. The number of nitrogens with zero attached hydrogens (tertiary/aromatic N) is 3. The summed E-state index contributed by atoms with van der Waals surface area (Å²) in [6.45, 7) is 10.8. The lowest BCUT2D eigenvalue weighted by atomic mass is 9.77. The quantitative estimate of drug-likeness (QED) is 0.109. The van der Waals surface area contributed by atoms with Crippen LogP contribution in [-0.4, -0.2) is 15.0 Å². The van der Waals surface area contributed by atoms with Crippen LogP contribution < -0.4 is 0 Å². The van der Waals surface area contributed by atoms with Gasteiger partial charge in [-0.25, -0.2) is 4.39 Å². The minimum absolute atomic E-state index is 0.0110. The van der Waals surface area contributed by atoms with E-state index in [1.54, 1.807) is 69.3 Å². The highest BCUT2D eigenvalue weighted by atomic mass is 19.1. The normalized spacial score (nSPS) is 15.1. The summed E-state index contributed by atoms with van der Waals surface area (Å²) >= 11 is 0. The molecule has 10 rings (SSSR count). The van der Waals surface area contributed by atoms with Gasteiger partial charge in [-0.15, -0.1) is 0 Å². The molecule has 0 saturated heterocycles. The maximum absolute atomic E-state index is 16.5. The highest BCUT2D eigenvalue weighted by molar-refractivity contribution is 6.09. The highest BCUT2D eigenvalue weighted by Gasteiger charge is 2.26. The monoisotopic (exact) mass is 956 g/mol. The van der Waals surface area contributed by atoms with E-state index < -0.39 is 54.1 Å². The van der Waals surface area contributed by atoms with Crippen molar-refractivity contribution in [2.75, 3.05) is 0 Å². The van der Waals surface area contributed by atoms with Crippen LogP contribution in [0, 0.1) is 18.1 Å². The molecule has 0 fully saturated rings. The van der Waals surface area contributed by atoms with Crippen LogP contribution in [0.15, 0.2) is 187 Å². The summed E-state index contributed by atoms with van der Waals surface area (Å²) in [5.74, 6) is -0.953. The summed E-state index contributed by atoms with van der Waals surface area (Å²) < 4.78 is 116. The van der Waals surface area contributed by atoms with Gasteiger partial charge in [0, 0.05) is 53.0 Å². The highest BCUT2D eigenvalue weighted by Crippen LogP contribution is 2.40. The van der Waals surface area contributed by atoms with Crippen LogP contribution in [0.3, 0.4) is 0 Å². The van der Waals surface area contributed by atoms with Crippen LogP contribution in [0.5, 0.6) is 0 Å². The van der Waals surface area contributed by atoms with Gasteiger partial charge in [-0.3, -0.25) is 15.0 Å². The maximum atomic E-state index is 16.5. The Labute approximate surface area is 439 Å². The van der Waals surface area contributed by atoms with Gasteiger partial charge in [0.1, 0.15) is 17.0 Å². The fourth-order valence-corrected chi connectivity index (χ4v) is 9.68. The fourth-order valence-electron chi connectivity index (χ4n) is 9.68. The zero-order valence-corrected chi connectivity index (χ0v) is 41.8. The molecule has 360 valence electrons. The molecule has 5 heteroatoms. The minimum atomic E-state index is -2.90. The largest absolute Gasteiger partial charge is 0.455 e. The summed E-state index contributed by atoms with van der Waals surface area (Å²) in [6.07, 6.45) is -1.94. The third-order valence-electron chi connectivity index (χ3n) is 13.3. The van der Waals surface area contributed by atoms with E-state index in [9.17, 15) is 5.48 Å². The van der Waals surface area contributed by atoms with E-state index in [0.29, 0.717) is 18.4 Å². The number of hydrogen-bond acceptors (Lipinski definition) is 4. The summed E-state index contributed by atoms with van der Waals surface area (Å²) in [7, 11) is 0. The van der Waals surface area contributed by atoms with Crippen molar-refractivity contribution in [1.82, 2.24) is 15.0 Å². The molecule has 0 aliphatic carbocycles. The first-order chi connectivity index (χ1) is 38.5. The van der Waals surface area contributed by atoms with Crippen molar-refractivity contribution >= 4 is 21.9 Å². The van der Waals surface area contributed by atoms with Crippen molar-refractivity contribution in [2.24, 2.45) is 5.41 Å². The Balaban J connectivity index is 1.10. The first-order valence-corrected chi connectivity index (χ1v) is 24.4. The number of furan rings is 1. The predicted molar refractivity (Wildman–Crippen MR) is 297 cm³/mol. The van der Waals surface area contributed by atoms with E-state index in [2.05, 4.69) is 45.9 Å². The van der Waals surface area contributed by atoms with Crippen molar-refractivity contribution in [3.8, 4) is 44.9 Å². The van der Waals surface area contributed by atoms with Gasteiger partial charge >= 0.3 is 0 Å². The van der Waals surface area contributed by atoms with Crippen molar-refractivity contribution in [2.45, 2.75) is 98.1 Å². The Hall–Kier alpha value is -7.50. The third-order valence-corrected chi connectivity index (χ3v) is 13.3. The molecule has 0 N–H and O–H groups in total. The average Bonchev–Trinajstić information content (AvgIpc) is 3.80. The number of fused-ring (bicyclic) bond motifs is 3. The lowest BCUT2D eigenvalue weighted by molar-refractivity contribution is 0.410. The second-order valence-corrected chi connectivity index (χ2v) is 21.1. The molecule has 0 bridgehead atoms. The first-order valence-electron chi connectivity index (χ1n) is 29.4. The van der Waals surface area contributed by atoms with E-state index in [4.69, 9.17) is 27.6 Å². The number of benzene rings is 6. The summed E-state index contributed by atoms with van der Waals surface area (Å²) in [4.78, 5) is 14.5. The lowest BCUT2D eigenvalue weighted by Crippen LogP contribution is -2.23. The van der Waals surface area contributed by atoms with Crippen LogP contribution >= 0.6 is 0 Å². The molecular weight excluding hydrogens is 882 g/mol. The number of halogens is 1. The van der Waals surface area contributed by atoms with Crippen LogP contribution in [0.25, 0.3) is 66.8 Å². The third kappa shape index (κ3) is 10.4. The van der Waals surface area contributed by atoms with Crippen LogP contribution in [-0.2, 0) is 42.8 Å². The molecular formula is C67H64FN3O. The minimum Gasteiger partial charge on any atom is -0.455 e. The van der Waals surface area contributed by atoms with Gasteiger partial charge in [0.25, 0.3) is 0 Å². The van der Waals surface area contributed by atoms with E-state index in [-0.39, 0.29) is 61.0 Å². The molecule has 0 unspecified atom stereocenters. The Morgan fingerprint density at radius 1 is 0.542 bits per heavy atom. The Kier molecular flexibility index (Phi) is 10.2. The van der Waals surface area contributed by atoms with Crippen LogP contribution in [0.2, 0.25) is 0 Å². The molecule has 0 aliphatic rings. The van der Waals surface area contributed by atoms with E-state index in [1.807, 2.05) is 85.2 Å². The molecule has 10 aromatic rings. The van der Waals surface area contributed by atoms with E-state index >= 15 is 4.39 Å². The first kappa shape index (κ1) is 37.3. The molecule has 0 amide bonds. The van der Waals surface area contributed by atoms with Gasteiger partial charge in [-0.05, 0) is 147 Å². The second kappa shape index (κ2) is 19.6. The SMILES string of the molecule is [2H]c1c(C([2H])([2H])C(C)(C)C)cc2oc3c(-c4cc(-c5ccccc5C([2H])([2H])[2H])c(C([2H])([2H])C([2H])([2H])c5cc(CC(C)(C)c6ccc(-c7ccccc7)nc6)cc(CC(C)(C)c6ccc(-c7ccccc7)nc6)c5)cn4)cccc3c2c1F. The van der Waals surface area contributed by atoms with Crippen LogP contribution in [0.4, 0.5) is 4.39 Å². The number of para-hydroxylation sites is 1. The van der Waals surface area contributed by atoms with E-state index in [0.717, 1.165) is 44.8 Å². The Morgan fingerprint density at radius 3 is 1.69 bits per heavy atom. The van der Waals surface area contributed by atoms with Gasteiger partial charge in [0.15, 0.2) is 0 Å². The topological polar surface area (TPSA) is 51.8 Å². The molecule has 72 heavy (non-hydrogen) atoms. The van der Waals surface area contributed by atoms with E-state index in [1.165, 1.54) is 24.4 Å². The molecule has 0 radical (unpaired) electrons. The molecule has 6 aromatic carbocycles. The van der Waals surface area contributed by atoms with Crippen LogP contribution in [0.1, 0.15) is 107 Å². The molecule has 4 nitrogen and oxygen atoms in total. The number of hydrogen-bond donors (Lipinski definition) is 0. The number of aromatic nitrogens is 3. The molecule has 4 heterocycles. The summed E-state index contributed by atoms with van der Waals surface area (Å²) in [5, 5.41) is 0.263. The molecule has 4 aromatic heterocycles. The fraction of sp³-hybridized carbons (Fsp3) is 0.239. The number of aryl methyl sites for hydroxylation is 3. The summed E-state index contributed by atoms with van der Waals surface area (Å²) in [5.41, 5.74) is 5.52. The number of pyridine rings is 3. The van der Waals surface area contributed by atoms with Crippen molar-refractivity contribution in [3.05, 3.63) is 233 Å². The van der Waals surface area contributed by atoms with Crippen molar-refractivity contribution in [1.29, 1.82) is 0 Å². The standard InChI is InChI=1S/C67H64FN3O/c1-44-18-15-16-23-54(44)57-37-61(55-24-17-25-56-63-58(68)35-48(38-65(2,3)4)36-62(63)72-64(55)56)69-41-51(57)27-26-45-32-46(39-66(5,6)52-28-30-59(70-42-52)49-19-11-9-12-20-49)34-47(33-45)40-67(7,8)53-29-31-60(71-43-53)50-21-13-10-14-22-50/h9-25,28-37,41-43H,26-27,38-40H2,1-8H3/i1D3,26D2,27D2,35D,38D2. The molecule has 0 saturated carbocycles. The van der Waals surface area contributed by atoms with Crippen molar-refractivity contribution in [3.63, 3.8) is 0 Å². The average molecular weight is 956 g/mol. The molecule has 0 spiro atoms. The Bertz CT molecular complexity index is 3890. The lowest BCUT2D eigenvalue weighted by Gasteiger charge is -2.28. The number of rotatable bonds is 14. The zero-order valence-electron chi connectivity index (χ0n) is 51.8. The van der Waals surface area contributed by atoms with Crippen molar-refractivity contribution < 1.29 is 22.5 Å². The Morgan fingerprint density at radius 2 is 1.11 bits per heavy atom. The van der Waals surface area contributed by atoms with Gasteiger partial charge < -0.3 is 4.42 Å². The van der Waals surface area contributed by atoms with Gasteiger partial charge in [-0.1, -0.05) is 176 Å². The van der Waals surface area contributed by atoms with Gasteiger partial charge in [0.2, 0.25) is 0 Å². The smallest absolute Gasteiger partial charge is 0.144 e. The van der Waals surface area contributed by atoms with Gasteiger partial charge in [0.05, 0.1) is 23.8 Å². The molecule has 0 aliphatic heterocycles. The van der Waals surface area contributed by atoms with Gasteiger partial charge in [-0.2, -0.15) is 0 Å².